The van der Waals surface area contributed by atoms with Gasteiger partial charge in [-0.15, -0.1) is 0 Å². The minimum atomic E-state index is -4.08. The van der Waals surface area contributed by atoms with E-state index in [1.165, 1.54) is 24.4 Å². The summed E-state index contributed by atoms with van der Waals surface area (Å²) >= 11 is 3.36. The number of benzene rings is 4. The van der Waals surface area contributed by atoms with Crippen molar-refractivity contribution in [1.29, 1.82) is 0 Å². The van der Waals surface area contributed by atoms with Crippen LogP contribution in [0.5, 0.6) is 17.2 Å². The summed E-state index contributed by atoms with van der Waals surface area (Å²) in [6.07, 6.45) is 1.31. The number of hydrogen-bond acceptors (Lipinski definition) is 7. The Labute approximate surface area is 241 Å². The highest BCUT2D eigenvalue weighted by Gasteiger charge is 2.18. The van der Waals surface area contributed by atoms with Crippen LogP contribution in [0, 0.1) is 6.92 Å². The van der Waals surface area contributed by atoms with E-state index >= 15 is 0 Å². The zero-order valence-corrected chi connectivity index (χ0v) is 24.2. The summed E-state index contributed by atoms with van der Waals surface area (Å²) in [6.45, 7) is 4.45. The van der Waals surface area contributed by atoms with E-state index < -0.39 is 16.0 Å². The molecule has 4 rings (SSSR count). The van der Waals surface area contributed by atoms with Gasteiger partial charge < -0.3 is 13.7 Å². The number of hydrazone groups is 1. The lowest BCUT2D eigenvalue weighted by Gasteiger charge is -2.13. The molecular weight excluding hydrogens is 596 g/mol. The highest BCUT2D eigenvalue weighted by Crippen LogP contribution is 2.30. The zero-order chi connectivity index (χ0) is 28.5. The molecule has 206 valence electrons. The first-order chi connectivity index (χ1) is 19.2. The summed E-state index contributed by atoms with van der Waals surface area (Å²) in [5.74, 6) is 0.507. The summed E-state index contributed by atoms with van der Waals surface area (Å²) in [7, 11) is -4.08. The van der Waals surface area contributed by atoms with Crippen molar-refractivity contribution in [2.75, 3.05) is 6.61 Å². The van der Waals surface area contributed by atoms with Crippen LogP contribution in [-0.4, -0.2) is 27.1 Å². The normalized spacial score (nSPS) is 11.3. The van der Waals surface area contributed by atoms with Crippen molar-refractivity contribution in [2.45, 2.75) is 25.3 Å². The van der Waals surface area contributed by atoms with E-state index in [-0.39, 0.29) is 10.6 Å². The first-order valence-electron chi connectivity index (χ1n) is 12.3. The molecule has 0 aromatic heterocycles. The number of halogens is 1. The molecule has 4 aromatic carbocycles. The lowest BCUT2D eigenvalue weighted by molar-refractivity contribution is 0.0954. The molecule has 0 aliphatic heterocycles. The fourth-order valence-corrected chi connectivity index (χ4v) is 4.90. The minimum absolute atomic E-state index is 0.0264. The van der Waals surface area contributed by atoms with E-state index in [9.17, 15) is 13.2 Å². The van der Waals surface area contributed by atoms with Gasteiger partial charge in [-0.05, 0) is 67.9 Å². The van der Waals surface area contributed by atoms with E-state index in [1.807, 2.05) is 44.2 Å². The Morgan fingerprint density at radius 1 is 0.900 bits per heavy atom. The number of amides is 1. The van der Waals surface area contributed by atoms with Gasteiger partial charge >= 0.3 is 10.1 Å². The number of carbonyl (C=O) groups is 1. The molecule has 0 spiro atoms. The van der Waals surface area contributed by atoms with E-state index in [1.54, 1.807) is 42.5 Å². The van der Waals surface area contributed by atoms with Crippen molar-refractivity contribution in [2.24, 2.45) is 5.10 Å². The minimum Gasteiger partial charge on any atom is -0.490 e. The maximum absolute atomic E-state index is 12.8. The van der Waals surface area contributed by atoms with Crippen LogP contribution in [-0.2, 0) is 16.7 Å². The summed E-state index contributed by atoms with van der Waals surface area (Å²) in [6, 6.07) is 25.7. The average Bonchev–Trinajstić information content (AvgIpc) is 2.94. The molecule has 1 amide bonds. The molecule has 0 heterocycles. The predicted molar refractivity (Wildman–Crippen MR) is 157 cm³/mol. The smallest absolute Gasteiger partial charge is 0.339 e. The summed E-state index contributed by atoms with van der Waals surface area (Å²) in [5, 5.41) is 4.02. The number of rotatable bonds is 11. The Morgan fingerprint density at radius 2 is 1.62 bits per heavy atom. The molecular formula is C30H27BrN2O6S. The molecule has 8 nitrogen and oxygen atoms in total. The molecule has 0 radical (unpaired) electrons. The van der Waals surface area contributed by atoms with Gasteiger partial charge in [0.25, 0.3) is 5.91 Å². The topological polar surface area (TPSA) is 103 Å². The van der Waals surface area contributed by atoms with Crippen LogP contribution in [0.3, 0.4) is 0 Å². The number of carbonyl (C=O) groups excluding carboxylic acids is 1. The van der Waals surface area contributed by atoms with Crippen LogP contribution in [0.25, 0.3) is 0 Å². The molecule has 10 heteroatoms. The van der Waals surface area contributed by atoms with Gasteiger partial charge in [0.2, 0.25) is 0 Å². The monoisotopic (exact) mass is 622 g/mol. The van der Waals surface area contributed by atoms with Crippen molar-refractivity contribution in [3.8, 4) is 17.2 Å². The Kier molecular flexibility index (Phi) is 9.57. The first-order valence-corrected chi connectivity index (χ1v) is 14.5. The second kappa shape index (κ2) is 13.3. The Hall–Kier alpha value is -4.15. The third kappa shape index (κ3) is 7.71. The number of ether oxygens (including phenoxy) is 2. The maximum atomic E-state index is 12.8. The Morgan fingerprint density at radius 3 is 2.35 bits per heavy atom. The van der Waals surface area contributed by atoms with Crippen molar-refractivity contribution >= 4 is 38.2 Å². The van der Waals surface area contributed by atoms with Crippen LogP contribution >= 0.6 is 15.9 Å². The third-order valence-electron chi connectivity index (χ3n) is 5.59. The van der Waals surface area contributed by atoms with Crippen molar-refractivity contribution in [1.82, 2.24) is 5.43 Å². The molecule has 0 atom stereocenters. The van der Waals surface area contributed by atoms with E-state index in [0.29, 0.717) is 40.3 Å². The van der Waals surface area contributed by atoms with Crippen molar-refractivity contribution in [3.63, 3.8) is 0 Å². The zero-order valence-electron chi connectivity index (χ0n) is 21.8. The molecule has 40 heavy (non-hydrogen) atoms. The quantitative estimate of drug-likeness (QED) is 0.120. The van der Waals surface area contributed by atoms with Gasteiger partial charge in [0.1, 0.15) is 11.5 Å². The summed E-state index contributed by atoms with van der Waals surface area (Å²) < 4.78 is 43.2. The molecule has 0 saturated heterocycles. The van der Waals surface area contributed by atoms with Gasteiger partial charge in [0.15, 0.2) is 17.2 Å². The first kappa shape index (κ1) is 28.8. The van der Waals surface area contributed by atoms with Gasteiger partial charge in [0, 0.05) is 15.6 Å². The third-order valence-corrected chi connectivity index (χ3v) is 7.34. The Balaban J connectivity index is 1.47. The SMILES string of the molecule is CCOc1cc(C(=O)N/N=C/c2cc(Br)ccc2OS(=O)(=O)c2ccc(C)cc2)ccc1OCc1ccccc1. The molecule has 0 bridgehead atoms. The van der Waals surface area contributed by atoms with E-state index in [0.717, 1.165) is 11.1 Å². The van der Waals surface area contributed by atoms with Crippen LogP contribution in [0.2, 0.25) is 0 Å². The number of hydrogen-bond donors (Lipinski definition) is 1. The number of nitrogens with one attached hydrogen (secondary N) is 1. The van der Waals surface area contributed by atoms with Gasteiger partial charge in [0.05, 0.1) is 12.8 Å². The molecule has 4 aromatic rings. The molecule has 0 saturated carbocycles. The summed E-state index contributed by atoms with van der Waals surface area (Å²) in [5.41, 5.74) is 5.03. The van der Waals surface area contributed by atoms with Gasteiger partial charge in [-0.2, -0.15) is 13.5 Å². The Bertz CT molecular complexity index is 1610. The molecule has 1 N–H and O–H groups in total. The predicted octanol–water partition coefficient (Wildman–Crippen LogP) is 6.27. The molecule has 0 aliphatic carbocycles. The second-order valence-electron chi connectivity index (χ2n) is 8.60. The van der Waals surface area contributed by atoms with Gasteiger partial charge in [-0.1, -0.05) is 64.0 Å². The fraction of sp³-hybridized carbons (Fsp3) is 0.133. The number of aryl methyl sites for hydroxylation is 1. The average molecular weight is 624 g/mol. The fourth-order valence-electron chi connectivity index (χ4n) is 3.56. The van der Waals surface area contributed by atoms with Crippen molar-refractivity contribution < 1.29 is 26.9 Å². The standard InChI is InChI=1S/C30H27BrN2O6S/c1-3-37-29-18-23(11-15-28(29)38-20-22-7-5-4-6-8-22)30(34)33-32-19-24-17-25(31)12-16-27(24)39-40(35,36)26-13-9-21(2)10-14-26/h4-19H,3,20H2,1-2H3,(H,33,34)/b32-19+. The molecule has 0 unspecified atom stereocenters. The van der Waals surface area contributed by atoms with E-state index in [4.69, 9.17) is 13.7 Å². The van der Waals surface area contributed by atoms with Crippen LogP contribution in [0.1, 0.15) is 34.0 Å². The largest absolute Gasteiger partial charge is 0.490 e. The summed E-state index contributed by atoms with van der Waals surface area (Å²) in [4.78, 5) is 12.8. The highest BCUT2D eigenvalue weighted by atomic mass is 79.9. The molecule has 0 fully saturated rings. The highest BCUT2D eigenvalue weighted by molar-refractivity contribution is 9.10. The second-order valence-corrected chi connectivity index (χ2v) is 11.1. The van der Waals surface area contributed by atoms with Crippen molar-refractivity contribution in [3.05, 3.63) is 118 Å². The van der Waals surface area contributed by atoms with Crippen LogP contribution < -0.4 is 19.1 Å². The van der Waals surface area contributed by atoms with Gasteiger partial charge in [-0.3, -0.25) is 4.79 Å². The van der Waals surface area contributed by atoms with Gasteiger partial charge in [-0.25, -0.2) is 5.43 Å². The van der Waals surface area contributed by atoms with Crippen LogP contribution in [0.15, 0.2) is 105 Å². The number of nitrogens with zero attached hydrogens (tertiary/aromatic N) is 1. The van der Waals surface area contributed by atoms with E-state index in [2.05, 4.69) is 26.5 Å². The van der Waals surface area contributed by atoms with Crippen LogP contribution in [0.4, 0.5) is 0 Å². The lowest BCUT2D eigenvalue weighted by atomic mass is 10.2. The lowest BCUT2D eigenvalue weighted by Crippen LogP contribution is -2.18. The molecule has 0 aliphatic rings. The maximum Gasteiger partial charge on any atom is 0.339 e.